The van der Waals surface area contributed by atoms with Gasteiger partial charge in [0.2, 0.25) is 0 Å². The SMILES string of the molecule is COc1cc2nccc(Nc3cccc(Oc4ccccc4)c3)c2cc1OC.Cl.Cl.c1ccc(Oc2cccc(Nc3ccnc4ccccc34)c2)cc1. The summed E-state index contributed by atoms with van der Waals surface area (Å²) in [6.07, 6.45) is 3.58. The summed E-state index contributed by atoms with van der Waals surface area (Å²) in [5, 5.41) is 8.93. The van der Waals surface area contributed by atoms with Gasteiger partial charge in [-0.05, 0) is 72.8 Å². The minimum Gasteiger partial charge on any atom is -0.493 e. The van der Waals surface area contributed by atoms with Gasteiger partial charge in [0.05, 0.1) is 25.3 Å². The lowest BCUT2D eigenvalue weighted by Crippen LogP contribution is -1.96. The molecule has 0 spiro atoms. The van der Waals surface area contributed by atoms with Crippen LogP contribution in [-0.2, 0) is 0 Å². The molecule has 0 aliphatic carbocycles. The van der Waals surface area contributed by atoms with Gasteiger partial charge in [0, 0.05) is 64.1 Å². The number of hydrogen-bond acceptors (Lipinski definition) is 8. The third-order valence-electron chi connectivity index (χ3n) is 8.08. The Morgan fingerprint density at radius 3 is 1.43 bits per heavy atom. The van der Waals surface area contributed by atoms with E-state index >= 15 is 0 Å². The van der Waals surface area contributed by atoms with Gasteiger partial charge in [-0.1, -0.05) is 66.7 Å². The van der Waals surface area contributed by atoms with Crippen molar-refractivity contribution < 1.29 is 18.9 Å². The molecule has 272 valence electrons. The third-order valence-corrected chi connectivity index (χ3v) is 8.08. The molecule has 10 heteroatoms. The van der Waals surface area contributed by atoms with Gasteiger partial charge in [0.15, 0.2) is 11.5 Å². The number of aromatic nitrogens is 2. The first-order valence-corrected chi connectivity index (χ1v) is 16.7. The van der Waals surface area contributed by atoms with Gasteiger partial charge in [-0.15, -0.1) is 24.8 Å². The fourth-order valence-corrected chi connectivity index (χ4v) is 5.62. The van der Waals surface area contributed by atoms with Crippen molar-refractivity contribution in [3.05, 3.63) is 170 Å². The van der Waals surface area contributed by atoms with Crippen molar-refractivity contribution in [2.45, 2.75) is 0 Å². The summed E-state index contributed by atoms with van der Waals surface area (Å²) in [6, 6.07) is 51.0. The first-order chi connectivity index (χ1) is 25.6. The molecule has 0 atom stereocenters. The number of methoxy groups -OCH3 is 2. The largest absolute Gasteiger partial charge is 0.493 e. The van der Waals surface area contributed by atoms with E-state index in [9.17, 15) is 0 Å². The van der Waals surface area contributed by atoms with E-state index in [1.807, 2.05) is 158 Å². The molecule has 54 heavy (non-hydrogen) atoms. The number of benzene rings is 6. The molecule has 0 radical (unpaired) electrons. The van der Waals surface area contributed by atoms with Crippen molar-refractivity contribution in [2.75, 3.05) is 24.9 Å². The van der Waals surface area contributed by atoms with Crippen LogP contribution in [0.4, 0.5) is 22.7 Å². The molecule has 0 aliphatic heterocycles. The van der Waals surface area contributed by atoms with Crippen LogP contribution in [0.25, 0.3) is 21.8 Å². The Balaban J connectivity index is 0.000000202. The van der Waals surface area contributed by atoms with Crippen molar-refractivity contribution in [1.29, 1.82) is 0 Å². The van der Waals surface area contributed by atoms with Gasteiger partial charge in [0.1, 0.15) is 23.0 Å². The molecule has 6 aromatic carbocycles. The molecule has 8 aromatic rings. The molecule has 2 heterocycles. The lowest BCUT2D eigenvalue weighted by atomic mass is 10.1. The van der Waals surface area contributed by atoms with Gasteiger partial charge < -0.3 is 29.6 Å². The molecule has 0 amide bonds. The van der Waals surface area contributed by atoms with Crippen LogP contribution in [0.5, 0.6) is 34.5 Å². The van der Waals surface area contributed by atoms with Crippen LogP contribution in [0.1, 0.15) is 0 Å². The van der Waals surface area contributed by atoms with E-state index < -0.39 is 0 Å². The van der Waals surface area contributed by atoms with E-state index in [4.69, 9.17) is 18.9 Å². The molecule has 2 N–H and O–H groups in total. The van der Waals surface area contributed by atoms with E-state index in [0.717, 1.165) is 67.6 Å². The van der Waals surface area contributed by atoms with E-state index in [1.54, 1.807) is 20.4 Å². The van der Waals surface area contributed by atoms with Crippen LogP contribution in [0, 0.1) is 0 Å². The number of anilines is 4. The summed E-state index contributed by atoms with van der Waals surface area (Å²) in [5.74, 6) is 4.48. The van der Waals surface area contributed by atoms with Crippen LogP contribution in [0.2, 0.25) is 0 Å². The van der Waals surface area contributed by atoms with E-state index in [1.165, 1.54) is 0 Å². The molecule has 0 saturated heterocycles. The molecular weight excluding hydrogens is 719 g/mol. The summed E-state index contributed by atoms with van der Waals surface area (Å²) >= 11 is 0. The zero-order valence-electron chi connectivity index (χ0n) is 29.5. The Hall–Kier alpha value is -6.48. The van der Waals surface area contributed by atoms with Gasteiger partial charge in [-0.2, -0.15) is 0 Å². The second-order valence-electron chi connectivity index (χ2n) is 11.6. The average molecular weight is 758 g/mol. The lowest BCUT2D eigenvalue weighted by molar-refractivity contribution is 0.356. The summed E-state index contributed by atoms with van der Waals surface area (Å²) in [4.78, 5) is 8.83. The van der Waals surface area contributed by atoms with Gasteiger partial charge in [-0.3, -0.25) is 9.97 Å². The second-order valence-corrected chi connectivity index (χ2v) is 11.6. The number of ether oxygens (including phenoxy) is 4. The Kier molecular flexibility index (Phi) is 13.5. The first-order valence-electron chi connectivity index (χ1n) is 16.7. The molecular formula is C44H38Cl2N4O4. The maximum Gasteiger partial charge on any atom is 0.162 e. The predicted molar refractivity (Wildman–Crippen MR) is 224 cm³/mol. The van der Waals surface area contributed by atoms with Crippen LogP contribution in [0.15, 0.2) is 170 Å². The molecule has 0 unspecified atom stereocenters. The maximum absolute atomic E-state index is 5.92. The van der Waals surface area contributed by atoms with Gasteiger partial charge in [0.25, 0.3) is 0 Å². The number of para-hydroxylation sites is 3. The topological polar surface area (TPSA) is 86.8 Å². The summed E-state index contributed by atoms with van der Waals surface area (Å²) in [7, 11) is 3.24. The van der Waals surface area contributed by atoms with Crippen molar-refractivity contribution >= 4 is 69.4 Å². The summed E-state index contributed by atoms with van der Waals surface area (Å²) < 4.78 is 22.6. The summed E-state index contributed by atoms with van der Waals surface area (Å²) in [5.41, 5.74) is 5.62. The fourth-order valence-electron chi connectivity index (χ4n) is 5.62. The lowest BCUT2D eigenvalue weighted by Gasteiger charge is -2.13. The number of fused-ring (bicyclic) bond motifs is 2. The van der Waals surface area contributed by atoms with Crippen molar-refractivity contribution in [3.63, 3.8) is 0 Å². The Bertz CT molecular complexity index is 2410. The standard InChI is InChI=1S/C23H20N2O3.C21H16N2O.2ClH/c1-26-22-14-19-20(11-12-24-21(19)15-23(22)27-2)25-16-7-6-10-18(13-16)28-17-8-4-3-5-9-17;1-2-8-17(9-3-1)24-18-10-6-7-16(15-18)23-21-13-14-22-20-12-5-4-11-19(20)21;;/h3-15H,1-2H3,(H,24,25);1-15H,(H,22,23);2*1H. The molecule has 0 aliphatic rings. The first kappa shape index (κ1) is 38.7. The fraction of sp³-hybridized carbons (Fsp3) is 0.0455. The molecule has 0 saturated carbocycles. The molecule has 2 aromatic heterocycles. The van der Waals surface area contributed by atoms with Crippen LogP contribution in [-0.4, -0.2) is 24.2 Å². The van der Waals surface area contributed by atoms with E-state index in [2.05, 4.69) is 26.7 Å². The van der Waals surface area contributed by atoms with Gasteiger partial charge >= 0.3 is 0 Å². The highest BCUT2D eigenvalue weighted by Crippen LogP contribution is 2.36. The molecule has 0 fully saturated rings. The van der Waals surface area contributed by atoms with Crippen molar-refractivity contribution in [1.82, 2.24) is 9.97 Å². The van der Waals surface area contributed by atoms with Crippen LogP contribution >= 0.6 is 24.8 Å². The van der Waals surface area contributed by atoms with Crippen molar-refractivity contribution in [2.24, 2.45) is 0 Å². The zero-order chi connectivity index (χ0) is 35.5. The van der Waals surface area contributed by atoms with Crippen molar-refractivity contribution in [3.8, 4) is 34.5 Å². The Morgan fingerprint density at radius 2 is 0.870 bits per heavy atom. The number of nitrogens with one attached hydrogen (secondary N) is 2. The average Bonchev–Trinajstić information content (AvgIpc) is 3.19. The quantitative estimate of drug-likeness (QED) is 0.143. The summed E-state index contributed by atoms with van der Waals surface area (Å²) in [6.45, 7) is 0. The highest BCUT2D eigenvalue weighted by atomic mass is 35.5. The predicted octanol–water partition coefficient (Wildman–Crippen LogP) is 12.4. The monoisotopic (exact) mass is 756 g/mol. The highest BCUT2D eigenvalue weighted by Gasteiger charge is 2.11. The smallest absolute Gasteiger partial charge is 0.162 e. The Morgan fingerprint density at radius 1 is 0.407 bits per heavy atom. The highest BCUT2D eigenvalue weighted by molar-refractivity contribution is 5.95. The molecule has 8 rings (SSSR count). The maximum atomic E-state index is 5.92. The van der Waals surface area contributed by atoms with Gasteiger partial charge in [-0.25, -0.2) is 0 Å². The Labute approximate surface area is 326 Å². The van der Waals surface area contributed by atoms with Crippen LogP contribution in [0.3, 0.4) is 0 Å². The normalized spacial score (nSPS) is 10.1. The zero-order valence-corrected chi connectivity index (χ0v) is 31.1. The van der Waals surface area contributed by atoms with Crippen LogP contribution < -0.4 is 29.6 Å². The number of hydrogen-bond donors (Lipinski definition) is 2. The molecule has 8 nitrogen and oxygen atoms in total. The molecule has 0 bridgehead atoms. The number of halogens is 2. The number of rotatable bonds is 10. The minimum absolute atomic E-state index is 0. The number of nitrogens with zero attached hydrogens (tertiary/aromatic N) is 2. The minimum atomic E-state index is 0. The third kappa shape index (κ3) is 9.68. The van der Waals surface area contributed by atoms with E-state index in [0.29, 0.717) is 11.5 Å². The van der Waals surface area contributed by atoms with E-state index in [-0.39, 0.29) is 24.8 Å². The number of pyridine rings is 2. The second kappa shape index (κ2) is 18.8.